The van der Waals surface area contributed by atoms with Crippen LogP contribution in [0.3, 0.4) is 0 Å². The Morgan fingerprint density at radius 1 is 0.848 bits per heavy atom. The van der Waals surface area contributed by atoms with Gasteiger partial charge in [0.15, 0.2) is 0 Å². The van der Waals surface area contributed by atoms with Crippen LogP contribution in [0.1, 0.15) is 97.1 Å². The van der Waals surface area contributed by atoms with Gasteiger partial charge in [-0.1, -0.05) is 58.8 Å². The largest absolute Gasteiger partial charge is 0.382 e. The van der Waals surface area contributed by atoms with E-state index >= 15 is 0 Å². The number of nitrogens with zero attached hydrogens (tertiary/aromatic N) is 3. The minimum absolute atomic E-state index is 0.0361. The number of carbonyl (C=O) groups excluding carboxylic acids is 2. The molecule has 0 unspecified atom stereocenters. The average molecular weight is 464 g/mol. The molecule has 0 atom stereocenters. The number of unbranched alkanes of at least 4 members (excludes halogenated alkanes) is 7. The molecule has 0 aliphatic carbocycles. The summed E-state index contributed by atoms with van der Waals surface area (Å²) in [6, 6.07) is 4.06. The quantitative estimate of drug-likeness (QED) is 0.238. The molecule has 6 nitrogen and oxygen atoms in total. The molecule has 0 aliphatic rings. The minimum atomic E-state index is 0.0361. The van der Waals surface area contributed by atoms with Crippen LogP contribution in [0.25, 0.3) is 0 Å². The normalized spacial score (nSPS) is 11.0. The molecule has 190 valence electrons. The number of ether oxygens (including phenoxy) is 1. The molecule has 1 heterocycles. The van der Waals surface area contributed by atoms with Crippen molar-refractivity contribution in [3.63, 3.8) is 0 Å². The Morgan fingerprint density at radius 3 is 2.15 bits per heavy atom. The molecule has 0 aromatic carbocycles. The summed E-state index contributed by atoms with van der Waals surface area (Å²) in [5, 5.41) is 0. The second-order valence-electron chi connectivity index (χ2n) is 9.02. The monoisotopic (exact) mass is 463 g/mol. The number of amides is 2. The van der Waals surface area contributed by atoms with Crippen molar-refractivity contribution in [2.24, 2.45) is 7.05 Å². The first-order valence-corrected chi connectivity index (χ1v) is 13.3. The van der Waals surface area contributed by atoms with E-state index < -0.39 is 0 Å². The summed E-state index contributed by atoms with van der Waals surface area (Å²) in [7, 11) is 2.00. The van der Waals surface area contributed by atoms with Crippen molar-refractivity contribution < 1.29 is 14.3 Å². The first kappa shape index (κ1) is 29.2. The molecule has 0 saturated heterocycles. The van der Waals surface area contributed by atoms with Gasteiger partial charge in [0.05, 0.1) is 13.1 Å². The highest BCUT2D eigenvalue weighted by atomic mass is 16.5. The summed E-state index contributed by atoms with van der Waals surface area (Å²) in [6.07, 6.45) is 13.6. The van der Waals surface area contributed by atoms with Gasteiger partial charge in [-0.2, -0.15) is 0 Å². The lowest BCUT2D eigenvalue weighted by Crippen LogP contribution is -2.43. The zero-order valence-corrected chi connectivity index (χ0v) is 21.8. The van der Waals surface area contributed by atoms with Crippen LogP contribution in [0, 0.1) is 0 Å². The van der Waals surface area contributed by atoms with E-state index in [1.165, 1.54) is 32.1 Å². The van der Waals surface area contributed by atoms with E-state index in [9.17, 15) is 9.59 Å². The molecule has 0 spiro atoms. The second kappa shape index (κ2) is 18.6. The maximum absolute atomic E-state index is 13.3. The van der Waals surface area contributed by atoms with Gasteiger partial charge in [-0.3, -0.25) is 9.59 Å². The first-order chi connectivity index (χ1) is 16.0. The molecule has 0 bridgehead atoms. The highest BCUT2D eigenvalue weighted by molar-refractivity contribution is 5.84. The fourth-order valence-corrected chi connectivity index (χ4v) is 3.95. The van der Waals surface area contributed by atoms with Gasteiger partial charge in [-0.05, 0) is 38.3 Å². The Kier molecular flexibility index (Phi) is 16.5. The number of aryl methyl sites for hydroxylation is 1. The number of aromatic nitrogens is 1. The Labute approximate surface area is 202 Å². The van der Waals surface area contributed by atoms with Crippen molar-refractivity contribution >= 4 is 11.8 Å². The van der Waals surface area contributed by atoms with Gasteiger partial charge in [-0.15, -0.1) is 0 Å². The van der Waals surface area contributed by atoms with Crippen LogP contribution in [0.15, 0.2) is 18.3 Å². The molecule has 0 N–H and O–H groups in total. The van der Waals surface area contributed by atoms with Gasteiger partial charge in [0.1, 0.15) is 0 Å². The molecule has 0 saturated carbocycles. The Balaban J connectivity index is 2.66. The van der Waals surface area contributed by atoms with Crippen molar-refractivity contribution in [3.8, 4) is 0 Å². The molecular formula is C27H49N3O3. The molecule has 1 rings (SSSR count). The zero-order valence-electron chi connectivity index (χ0n) is 21.8. The van der Waals surface area contributed by atoms with Crippen LogP contribution in [0.4, 0.5) is 0 Å². The number of rotatable bonds is 20. The molecule has 0 fully saturated rings. The summed E-state index contributed by atoms with van der Waals surface area (Å²) in [5.74, 6) is 0.136. The number of hydrogen-bond donors (Lipinski definition) is 0. The van der Waals surface area contributed by atoms with E-state index in [0.717, 1.165) is 44.3 Å². The Bertz CT molecular complexity index is 644. The lowest BCUT2D eigenvalue weighted by atomic mass is 10.1. The van der Waals surface area contributed by atoms with E-state index in [0.29, 0.717) is 32.7 Å². The maximum atomic E-state index is 13.3. The van der Waals surface area contributed by atoms with Crippen molar-refractivity contribution in [2.75, 3.05) is 32.8 Å². The van der Waals surface area contributed by atoms with Gasteiger partial charge in [0.25, 0.3) is 0 Å². The highest BCUT2D eigenvalue weighted by Crippen LogP contribution is 2.12. The zero-order chi connectivity index (χ0) is 24.3. The summed E-state index contributed by atoms with van der Waals surface area (Å²) >= 11 is 0. The fraction of sp³-hybridized carbons (Fsp3) is 0.778. The summed E-state index contributed by atoms with van der Waals surface area (Å²) in [4.78, 5) is 29.9. The standard InChI is InChI=1S/C27H49N3O3/c1-5-8-10-11-12-13-14-18-26(31)30(21-16-22-33-7-3)24-27(32)29(20-9-6-2)23-25-17-15-19-28(25)4/h15,17,19H,5-14,16,18,20-24H2,1-4H3. The predicted molar refractivity (Wildman–Crippen MR) is 136 cm³/mol. The topological polar surface area (TPSA) is 54.8 Å². The summed E-state index contributed by atoms with van der Waals surface area (Å²) in [5.41, 5.74) is 1.11. The Morgan fingerprint density at radius 2 is 1.52 bits per heavy atom. The van der Waals surface area contributed by atoms with Crippen LogP contribution in [-0.2, 0) is 27.9 Å². The van der Waals surface area contributed by atoms with Gasteiger partial charge in [-0.25, -0.2) is 0 Å². The molecule has 1 aromatic heterocycles. The third-order valence-electron chi connectivity index (χ3n) is 6.13. The van der Waals surface area contributed by atoms with Crippen molar-refractivity contribution in [3.05, 3.63) is 24.0 Å². The molecule has 33 heavy (non-hydrogen) atoms. The summed E-state index contributed by atoms with van der Waals surface area (Å²) < 4.78 is 7.52. The fourth-order valence-electron chi connectivity index (χ4n) is 3.95. The third kappa shape index (κ3) is 12.9. The Hall–Kier alpha value is -1.82. The first-order valence-electron chi connectivity index (χ1n) is 13.3. The number of hydrogen-bond acceptors (Lipinski definition) is 3. The SMILES string of the molecule is CCCCCCCCCC(=O)N(CCCOCC)CC(=O)N(CCCC)Cc1cccn1C. The second-order valence-corrected chi connectivity index (χ2v) is 9.02. The molecule has 0 aliphatic heterocycles. The van der Waals surface area contributed by atoms with Crippen molar-refractivity contribution in [1.82, 2.24) is 14.4 Å². The van der Waals surface area contributed by atoms with E-state index in [1.807, 2.05) is 31.1 Å². The van der Waals surface area contributed by atoms with Gasteiger partial charge in [0.2, 0.25) is 11.8 Å². The maximum Gasteiger partial charge on any atom is 0.242 e. The number of carbonyl (C=O) groups is 2. The van der Waals surface area contributed by atoms with E-state index in [1.54, 1.807) is 4.90 Å². The van der Waals surface area contributed by atoms with Crippen LogP contribution in [0.5, 0.6) is 0 Å². The van der Waals surface area contributed by atoms with Crippen LogP contribution < -0.4 is 0 Å². The highest BCUT2D eigenvalue weighted by Gasteiger charge is 2.21. The van der Waals surface area contributed by atoms with Crippen LogP contribution >= 0.6 is 0 Å². The van der Waals surface area contributed by atoms with Crippen LogP contribution in [-0.4, -0.2) is 59.0 Å². The van der Waals surface area contributed by atoms with Crippen LogP contribution in [0.2, 0.25) is 0 Å². The third-order valence-corrected chi connectivity index (χ3v) is 6.13. The van der Waals surface area contributed by atoms with Gasteiger partial charge in [0, 0.05) is 51.7 Å². The van der Waals surface area contributed by atoms with Gasteiger partial charge < -0.3 is 19.1 Å². The average Bonchev–Trinajstić information content (AvgIpc) is 3.21. The molecule has 2 amide bonds. The van der Waals surface area contributed by atoms with Gasteiger partial charge >= 0.3 is 0 Å². The summed E-state index contributed by atoms with van der Waals surface area (Å²) in [6.45, 7) is 9.67. The lowest BCUT2D eigenvalue weighted by molar-refractivity contribution is -0.141. The van der Waals surface area contributed by atoms with E-state index in [-0.39, 0.29) is 18.4 Å². The van der Waals surface area contributed by atoms with Crippen molar-refractivity contribution in [1.29, 1.82) is 0 Å². The predicted octanol–water partition coefficient (Wildman–Crippen LogP) is 5.55. The smallest absolute Gasteiger partial charge is 0.242 e. The molecule has 1 aromatic rings. The van der Waals surface area contributed by atoms with E-state index in [4.69, 9.17) is 4.74 Å². The van der Waals surface area contributed by atoms with E-state index in [2.05, 4.69) is 24.5 Å². The molecular weight excluding hydrogens is 414 g/mol. The molecule has 6 heteroatoms. The molecule has 0 radical (unpaired) electrons. The lowest BCUT2D eigenvalue weighted by Gasteiger charge is -2.28. The minimum Gasteiger partial charge on any atom is -0.382 e. The van der Waals surface area contributed by atoms with Crippen molar-refractivity contribution in [2.45, 2.75) is 97.9 Å².